The molecule has 0 saturated heterocycles. The van der Waals surface area contributed by atoms with E-state index in [-0.39, 0.29) is 35.6 Å². The van der Waals surface area contributed by atoms with E-state index in [0.29, 0.717) is 0 Å². The van der Waals surface area contributed by atoms with Gasteiger partial charge in [0.05, 0.1) is 10.2 Å². The monoisotopic (exact) mass is 191 g/mol. The minimum atomic E-state index is -1.75. The molecule has 0 bridgehead atoms. The Hall–Kier alpha value is -0.496. The Balaban J connectivity index is -0.0000000300. The van der Waals surface area contributed by atoms with Gasteiger partial charge in [0.2, 0.25) is 0 Å². The minimum absolute atomic E-state index is 0. The van der Waals surface area contributed by atoms with Crippen LogP contribution in [0.4, 0.5) is 0 Å². The molecule has 1 radical (unpaired) electrons. The summed E-state index contributed by atoms with van der Waals surface area (Å²) in [5.74, 6) is 0. The van der Waals surface area contributed by atoms with Crippen molar-refractivity contribution in [3.05, 3.63) is 30.6 Å². The van der Waals surface area contributed by atoms with Gasteiger partial charge in [-0.25, -0.2) is 0 Å². The van der Waals surface area contributed by atoms with E-state index in [1.54, 1.807) is 0 Å². The van der Waals surface area contributed by atoms with Crippen LogP contribution < -0.4 is 0 Å². The van der Waals surface area contributed by atoms with Crippen LogP contribution in [0.25, 0.3) is 0 Å². The summed E-state index contributed by atoms with van der Waals surface area (Å²) in [6, 6.07) is 0. The summed E-state index contributed by atoms with van der Waals surface area (Å²) in [5.41, 5.74) is 0. The first-order chi connectivity index (χ1) is 3.46. The van der Waals surface area contributed by atoms with Crippen molar-refractivity contribution in [2.75, 3.05) is 0 Å². The zero-order valence-electron chi connectivity index (χ0n) is 3.68. The maximum atomic E-state index is 8.25. The summed E-state index contributed by atoms with van der Waals surface area (Å²) < 4.78 is 0. The Morgan fingerprint density at radius 3 is 0.800 bits per heavy atom. The van der Waals surface area contributed by atoms with Gasteiger partial charge in [0.15, 0.2) is 0 Å². The summed E-state index contributed by atoms with van der Waals surface area (Å²) in [6.45, 7) is 0. The Kier molecular flexibility index (Phi) is 35.9. The third kappa shape index (κ3) is 1290. The van der Waals surface area contributed by atoms with Crippen LogP contribution in [0.2, 0.25) is 0 Å². The molecule has 0 aromatic carbocycles. The van der Waals surface area contributed by atoms with E-state index in [9.17, 15) is 0 Å². The molecule has 0 aromatic heterocycles. The maximum absolute atomic E-state index is 8.25. The zero-order valence-corrected chi connectivity index (χ0v) is 4.72. The summed E-state index contributed by atoms with van der Waals surface area (Å²) >= 11 is 0. The Bertz CT molecular complexity index is 73.7. The van der Waals surface area contributed by atoms with Crippen LogP contribution >= 0.6 is 0 Å². The average molecular weight is 191 g/mol. The summed E-state index contributed by atoms with van der Waals surface area (Å²) in [7, 11) is 0. The molecular formula is HCoLiN2O6-2. The molecule has 59 valence electrons. The van der Waals surface area contributed by atoms with Gasteiger partial charge in [-0.2, -0.15) is 0 Å². The van der Waals surface area contributed by atoms with Gasteiger partial charge in [0.1, 0.15) is 0 Å². The fraction of sp³-hybridized carbons (Fsp3) is 0. The molecule has 0 amide bonds. The van der Waals surface area contributed by atoms with E-state index >= 15 is 0 Å². The van der Waals surface area contributed by atoms with E-state index in [2.05, 4.69) is 0 Å². The molecule has 10 heavy (non-hydrogen) atoms. The van der Waals surface area contributed by atoms with Crippen LogP contribution in [0.5, 0.6) is 0 Å². The molecule has 0 heterocycles. The topological polar surface area (TPSA) is 132 Å². The quantitative estimate of drug-likeness (QED) is 0.270. The van der Waals surface area contributed by atoms with Gasteiger partial charge in [-0.15, -0.1) is 0 Å². The Labute approximate surface area is 76.8 Å². The molecular weight excluding hydrogens is 190 g/mol. The standard InChI is InChI=1S/Co.Li.2NO3.H/c;;2*2-1(3)4;/q;;2*-1;. The summed E-state index contributed by atoms with van der Waals surface area (Å²) in [4.78, 5) is 16.5. The van der Waals surface area contributed by atoms with E-state index in [0.717, 1.165) is 0 Å². The van der Waals surface area contributed by atoms with Crippen LogP contribution in [0.3, 0.4) is 0 Å². The fourth-order valence-corrected chi connectivity index (χ4v) is 0. The molecule has 0 aromatic rings. The molecule has 0 N–H and O–H groups in total. The molecule has 0 aliphatic carbocycles. The van der Waals surface area contributed by atoms with Gasteiger partial charge < -0.3 is 30.6 Å². The van der Waals surface area contributed by atoms with Gasteiger partial charge >= 0.3 is 18.9 Å². The van der Waals surface area contributed by atoms with Crippen molar-refractivity contribution in [3.63, 3.8) is 0 Å². The number of nitrogens with zero attached hydrogens (tertiary/aromatic N) is 2. The van der Waals surface area contributed by atoms with Crippen LogP contribution in [0, 0.1) is 30.6 Å². The van der Waals surface area contributed by atoms with Gasteiger partial charge in [-0.3, -0.25) is 0 Å². The molecule has 0 saturated carbocycles. The van der Waals surface area contributed by atoms with Crippen LogP contribution in [0.1, 0.15) is 0 Å². The van der Waals surface area contributed by atoms with Crippen LogP contribution in [-0.2, 0) is 16.8 Å². The first-order valence-electron chi connectivity index (χ1n) is 1.10. The molecule has 0 spiro atoms. The third-order valence-electron chi connectivity index (χ3n) is 0. The molecule has 0 aliphatic rings. The predicted octanol–water partition coefficient (Wildman–Crippen LogP) is -1.13. The molecule has 0 aliphatic heterocycles. The molecule has 0 fully saturated rings. The first-order valence-corrected chi connectivity index (χ1v) is 1.10. The second-order valence-corrected chi connectivity index (χ2v) is 0.447. The molecule has 0 unspecified atom stereocenters. The second kappa shape index (κ2) is 15.8. The SMILES string of the molecule is O=[N+]([O-])[O-].O=[N+]([O-])[O-].[Co].[LiH]. The van der Waals surface area contributed by atoms with Crippen LogP contribution in [0.15, 0.2) is 0 Å². The van der Waals surface area contributed by atoms with Crippen molar-refractivity contribution in [2.24, 2.45) is 0 Å². The molecule has 0 rings (SSSR count). The number of hydrogen-bond donors (Lipinski definition) is 0. The van der Waals surface area contributed by atoms with E-state index < -0.39 is 10.2 Å². The second-order valence-electron chi connectivity index (χ2n) is 0.447. The fourth-order valence-electron chi connectivity index (χ4n) is 0. The van der Waals surface area contributed by atoms with Crippen molar-refractivity contribution in [1.82, 2.24) is 0 Å². The van der Waals surface area contributed by atoms with Crippen LogP contribution in [-0.4, -0.2) is 29.0 Å². The predicted molar refractivity (Wildman–Crippen MR) is 27.9 cm³/mol. The summed E-state index contributed by atoms with van der Waals surface area (Å²) in [5, 5.41) is 29.5. The van der Waals surface area contributed by atoms with Gasteiger partial charge in [-0.05, 0) is 0 Å². The van der Waals surface area contributed by atoms with E-state index in [1.807, 2.05) is 0 Å². The Morgan fingerprint density at radius 2 is 0.800 bits per heavy atom. The van der Waals surface area contributed by atoms with Gasteiger partial charge in [0, 0.05) is 16.8 Å². The van der Waals surface area contributed by atoms with Crippen molar-refractivity contribution < 1.29 is 27.0 Å². The molecule has 10 heteroatoms. The van der Waals surface area contributed by atoms with Crippen molar-refractivity contribution in [3.8, 4) is 0 Å². The van der Waals surface area contributed by atoms with Gasteiger partial charge in [0.25, 0.3) is 0 Å². The van der Waals surface area contributed by atoms with E-state index in [4.69, 9.17) is 30.6 Å². The van der Waals surface area contributed by atoms with E-state index in [1.165, 1.54) is 0 Å². The zero-order chi connectivity index (χ0) is 7.15. The van der Waals surface area contributed by atoms with Gasteiger partial charge in [-0.1, -0.05) is 0 Å². The normalized spacial score (nSPS) is 4.80. The van der Waals surface area contributed by atoms with Crippen molar-refractivity contribution in [1.29, 1.82) is 0 Å². The van der Waals surface area contributed by atoms with Crippen molar-refractivity contribution in [2.45, 2.75) is 0 Å². The Morgan fingerprint density at radius 1 is 0.800 bits per heavy atom. The average Bonchev–Trinajstić information content (AvgIpc) is 1.25. The first kappa shape index (κ1) is 22.7. The number of hydrogen-bond acceptors (Lipinski definition) is 6. The number of rotatable bonds is 0. The van der Waals surface area contributed by atoms with Crippen molar-refractivity contribution >= 4 is 18.9 Å². The molecule has 0 atom stereocenters. The third-order valence-corrected chi connectivity index (χ3v) is 0. The summed E-state index contributed by atoms with van der Waals surface area (Å²) in [6.07, 6.45) is 0. The molecule has 8 nitrogen and oxygen atoms in total.